The van der Waals surface area contributed by atoms with Gasteiger partial charge in [0, 0.05) is 12.0 Å². The number of methoxy groups -OCH3 is 2. The Morgan fingerprint density at radius 1 is 1.12 bits per heavy atom. The summed E-state index contributed by atoms with van der Waals surface area (Å²) >= 11 is 0. The van der Waals surface area contributed by atoms with Crippen molar-refractivity contribution in [3.8, 4) is 11.5 Å². The largest absolute Gasteiger partial charge is 1.00 e. The first-order valence-electron chi connectivity index (χ1n) is 5.04. The van der Waals surface area contributed by atoms with Crippen molar-refractivity contribution < 1.29 is 26.5 Å². The number of halogens is 1. The fraction of sp³-hybridized carbons (Fsp3) is 0.417. The van der Waals surface area contributed by atoms with Crippen molar-refractivity contribution in [2.45, 2.75) is 13.0 Å². The van der Waals surface area contributed by atoms with Crippen molar-refractivity contribution in [2.75, 3.05) is 20.8 Å². The molecule has 3 nitrogen and oxygen atoms in total. The standard InChI is InChI=1S/C12H16NO2.ClH/c1-13-5-4-9-6-11(14-2)12(15-3)7-10(9)8-13;/h6-7H,1,4-5,8H2,2-3H3;1H/q+1;/p-1. The van der Waals surface area contributed by atoms with Gasteiger partial charge in [0.1, 0.15) is 13.3 Å². The van der Waals surface area contributed by atoms with Gasteiger partial charge in [-0.2, -0.15) is 0 Å². The summed E-state index contributed by atoms with van der Waals surface area (Å²) in [7, 11) is 3.33. The molecule has 88 valence electrons. The van der Waals surface area contributed by atoms with Crippen LogP contribution >= 0.6 is 0 Å². The average Bonchev–Trinajstić information content (AvgIpc) is 2.27. The number of nitrogens with zero attached hydrogens (tertiary/aromatic N) is 1. The van der Waals surface area contributed by atoms with E-state index in [0.717, 1.165) is 31.0 Å². The predicted molar refractivity (Wildman–Crippen MR) is 59.2 cm³/mol. The van der Waals surface area contributed by atoms with Crippen LogP contribution in [-0.2, 0) is 13.0 Å². The van der Waals surface area contributed by atoms with Gasteiger partial charge in [0.15, 0.2) is 18.0 Å². The second kappa shape index (κ2) is 5.21. The van der Waals surface area contributed by atoms with E-state index >= 15 is 0 Å². The van der Waals surface area contributed by atoms with Gasteiger partial charge in [-0.15, -0.1) is 0 Å². The number of hydrogen-bond donors (Lipinski definition) is 0. The SMILES string of the molecule is C=[N+]1CCc2cc(OC)c(OC)cc2C1.[Cl-]. The molecule has 0 unspecified atom stereocenters. The Bertz CT molecular complexity index is 404. The molecule has 1 heterocycles. The van der Waals surface area contributed by atoms with E-state index in [0.29, 0.717) is 0 Å². The lowest BCUT2D eigenvalue weighted by atomic mass is 10.00. The number of benzene rings is 1. The lowest BCUT2D eigenvalue weighted by molar-refractivity contribution is -0.539. The molecule has 0 fully saturated rings. The second-order valence-electron chi connectivity index (χ2n) is 3.78. The van der Waals surface area contributed by atoms with Gasteiger partial charge in [-0.05, 0) is 17.7 Å². The van der Waals surface area contributed by atoms with E-state index in [9.17, 15) is 0 Å². The maximum Gasteiger partial charge on any atom is 0.168 e. The molecule has 2 rings (SSSR count). The third-order valence-electron chi connectivity index (χ3n) is 2.80. The quantitative estimate of drug-likeness (QED) is 0.587. The molecule has 1 aliphatic rings. The minimum atomic E-state index is 0. The molecule has 0 atom stereocenters. The second-order valence-corrected chi connectivity index (χ2v) is 3.78. The van der Waals surface area contributed by atoms with Crippen LogP contribution in [-0.4, -0.2) is 32.1 Å². The van der Waals surface area contributed by atoms with Gasteiger partial charge < -0.3 is 21.9 Å². The van der Waals surface area contributed by atoms with E-state index < -0.39 is 0 Å². The summed E-state index contributed by atoms with van der Waals surface area (Å²) in [5.74, 6) is 1.61. The summed E-state index contributed by atoms with van der Waals surface area (Å²) in [5, 5.41) is 0. The predicted octanol–water partition coefficient (Wildman–Crippen LogP) is -1.52. The molecule has 0 radical (unpaired) electrons. The molecule has 1 aromatic carbocycles. The van der Waals surface area contributed by atoms with Gasteiger partial charge >= 0.3 is 0 Å². The van der Waals surface area contributed by atoms with E-state index in [-0.39, 0.29) is 12.4 Å². The lowest BCUT2D eigenvalue weighted by Gasteiger charge is -2.17. The van der Waals surface area contributed by atoms with Crippen LogP contribution in [0.25, 0.3) is 0 Å². The van der Waals surface area contributed by atoms with Gasteiger partial charge in [-0.3, -0.25) is 0 Å². The van der Waals surface area contributed by atoms with E-state index in [1.165, 1.54) is 11.1 Å². The monoisotopic (exact) mass is 241 g/mol. The number of rotatable bonds is 2. The molecule has 0 aromatic heterocycles. The summed E-state index contributed by atoms with van der Waals surface area (Å²) in [6.07, 6.45) is 1.03. The molecule has 0 N–H and O–H groups in total. The highest BCUT2D eigenvalue weighted by molar-refractivity contribution is 5.47. The van der Waals surface area contributed by atoms with Gasteiger partial charge in [0.05, 0.1) is 14.2 Å². The van der Waals surface area contributed by atoms with Gasteiger partial charge in [0.2, 0.25) is 0 Å². The van der Waals surface area contributed by atoms with Crippen LogP contribution in [0.15, 0.2) is 12.1 Å². The Hall–Kier alpha value is -1.22. The summed E-state index contributed by atoms with van der Waals surface area (Å²) in [4.78, 5) is 0. The highest BCUT2D eigenvalue weighted by Crippen LogP contribution is 2.32. The first-order valence-corrected chi connectivity index (χ1v) is 5.04. The fourth-order valence-corrected chi connectivity index (χ4v) is 1.94. The lowest BCUT2D eigenvalue weighted by Crippen LogP contribution is -3.00. The van der Waals surface area contributed by atoms with E-state index in [2.05, 4.69) is 17.4 Å². The zero-order chi connectivity index (χ0) is 10.8. The molecule has 0 saturated heterocycles. The Morgan fingerprint density at radius 2 is 1.69 bits per heavy atom. The Kier molecular flexibility index (Phi) is 4.19. The molecular weight excluding hydrogens is 226 g/mol. The summed E-state index contributed by atoms with van der Waals surface area (Å²) in [5.41, 5.74) is 2.63. The first-order chi connectivity index (χ1) is 7.24. The molecule has 0 bridgehead atoms. The third kappa shape index (κ3) is 2.30. The van der Waals surface area contributed by atoms with Crippen LogP contribution in [0.1, 0.15) is 11.1 Å². The molecule has 0 saturated carbocycles. The minimum absolute atomic E-state index is 0. The smallest absolute Gasteiger partial charge is 0.168 e. The molecule has 1 aliphatic heterocycles. The fourth-order valence-electron chi connectivity index (χ4n) is 1.94. The molecule has 1 aromatic rings. The molecule has 0 aliphatic carbocycles. The highest BCUT2D eigenvalue weighted by Gasteiger charge is 2.19. The maximum atomic E-state index is 5.27. The van der Waals surface area contributed by atoms with E-state index in [4.69, 9.17) is 9.47 Å². The van der Waals surface area contributed by atoms with Crippen LogP contribution in [0.2, 0.25) is 0 Å². The zero-order valence-corrected chi connectivity index (χ0v) is 10.4. The van der Waals surface area contributed by atoms with Crippen LogP contribution in [0.4, 0.5) is 0 Å². The zero-order valence-electron chi connectivity index (χ0n) is 9.62. The number of ether oxygens (including phenoxy) is 2. The topological polar surface area (TPSA) is 21.5 Å². The normalized spacial score (nSPS) is 13.8. The number of fused-ring (bicyclic) bond motifs is 1. The van der Waals surface area contributed by atoms with Crippen LogP contribution in [0.3, 0.4) is 0 Å². The number of hydrogen-bond acceptors (Lipinski definition) is 2. The van der Waals surface area contributed by atoms with Crippen molar-refractivity contribution in [3.63, 3.8) is 0 Å². The molecule has 16 heavy (non-hydrogen) atoms. The first kappa shape index (κ1) is 12.8. The highest BCUT2D eigenvalue weighted by atomic mass is 35.5. The van der Waals surface area contributed by atoms with Crippen molar-refractivity contribution in [1.82, 2.24) is 0 Å². The summed E-state index contributed by atoms with van der Waals surface area (Å²) < 4.78 is 12.6. The van der Waals surface area contributed by atoms with Crippen molar-refractivity contribution in [3.05, 3.63) is 23.3 Å². The molecular formula is C12H16ClNO2. The van der Waals surface area contributed by atoms with Crippen molar-refractivity contribution in [1.29, 1.82) is 0 Å². The van der Waals surface area contributed by atoms with E-state index in [1.54, 1.807) is 14.2 Å². The minimum Gasteiger partial charge on any atom is -1.00 e. The Morgan fingerprint density at radius 3 is 2.25 bits per heavy atom. The van der Waals surface area contributed by atoms with E-state index in [1.807, 2.05) is 6.07 Å². The molecule has 0 amide bonds. The summed E-state index contributed by atoms with van der Waals surface area (Å²) in [6, 6.07) is 4.12. The summed E-state index contributed by atoms with van der Waals surface area (Å²) in [6.45, 7) is 5.84. The van der Waals surface area contributed by atoms with Crippen LogP contribution < -0.4 is 21.9 Å². The van der Waals surface area contributed by atoms with Gasteiger partial charge in [-0.1, -0.05) is 0 Å². The Balaban J connectivity index is 0.00000128. The third-order valence-corrected chi connectivity index (χ3v) is 2.80. The maximum absolute atomic E-state index is 5.27. The molecule has 4 heteroatoms. The van der Waals surface area contributed by atoms with Gasteiger partial charge in [-0.25, -0.2) is 4.58 Å². The van der Waals surface area contributed by atoms with Crippen LogP contribution in [0, 0.1) is 0 Å². The van der Waals surface area contributed by atoms with Crippen molar-refractivity contribution >= 4 is 6.72 Å². The Labute approximate surface area is 102 Å². The van der Waals surface area contributed by atoms with Crippen molar-refractivity contribution in [2.24, 2.45) is 0 Å². The van der Waals surface area contributed by atoms with Gasteiger partial charge in [0.25, 0.3) is 0 Å². The average molecular weight is 242 g/mol. The molecule has 0 spiro atoms. The van der Waals surface area contributed by atoms with Crippen LogP contribution in [0.5, 0.6) is 11.5 Å².